The largest absolute Gasteiger partial charge is 0.396 e. The number of hydrogen-bond donors (Lipinski definition) is 2. The van der Waals surface area contributed by atoms with Gasteiger partial charge in [-0.15, -0.1) is 0 Å². The Kier molecular flexibility index (Phi) is 4.51. The molecule has 1 aromatic heterocycles. The lowest BCUT2D eigenvalue weighted by atomic mass is 10.0. The van der Waals surface area contributed by atoms with Gasteiger partial charge in [-0.3, -0.25) is 0 Å². The van der Waals surface area contributed by atoms with Crippen LogP contribution < -0.4 is 5.32 Å². The molecule has 2 N–H and O–H groups in total. The molecule has 112 valence electrons. The Labute approximate surface area is 133 Å². The van der Waals surface area contributed by atoms with Gasteiger partial charge in [-0.05, 0) is 30.2 Å². The molecule has 4 nitrogen and oxygen atoms in total. The van der Waals surface area contributed by atoms with Crippen molar-refractivity contribution in [3.05, 3.63) is 65.4 Å². The second-order valence-corrected chi connectivity index (χ2v) is 5.44. The zero-order valence-corrected chi connectivity index (χ0v) is 12.7. The molecular weight excluding hydrogens is 298 g/mol. The summed E-state index contributed by atoms with van der Waals surface area (Å²) < 4.78 is 0. The van der Waals surface area contributed by atoms with Crippen molar-refractivity contribution in [3.63, 3.8) is 0 Å². The van der Waals surface area contributed by atoms with Crippen LogP contribution in [0.25, 0.3) is 10.9 Å². The molecule has 0 aliphatic rings. The normalized spacial score (nSPS) is 12.3. The molecule has 0 fully saturated rings. The summed E-state index contributed by atoms with van der Waals surface area (Å²) in [5, 5.41) is 14.3. The molecule has 1 heterocycles. The number of nitrogens with one attached hydrogen (secondary N) is 1. The molecule has 22 heavy (non-hydrogen) atoms. The number of halogens is 1. The van der Waals surface area contributed by atoms with Crippen LogP contribution in [-0.4, -0.2) is 21.7 Å². The highest BCUT2D eigenvalue weighted by Crippen LogP contribution is 2.27. The topological polar surface area (TPSA) is 58.0 Å². The number of aliphatic hydroxyl groups is 1. The number of aliphatic hydroxyl groups excluding tert-OH is 1. The second-order valence-electron chi connectivity index (χ2n) is 5.00. The maximum absolute atomic E-state index is 9.34. The van der Waals surface area contributed by atoms with E-state index in [2.05, 4.69) is 15.3 Å². The first kappa shape index (κ1) is 14.8. The highest BCUT2D eigenvalue weighted by atomic mass is 35.5. The average Bonchev–Trinajstić information content (AvgIpc) is 2.55. The molecule has 0 bridgehead atoms. The number of aromatic nitrogens is 2. The van der Waals surface area contributed by atoms with Crippen molar-refractivity contribution in [2.45, 2.75) is 12.5 Å². The van der Waals surface area contributed by atoms with Crippen molar-refractivity contribution < 1.29 is 5.11 Å². The van der Waals surface area contributed by atoms with E-state index < -0.39 is 0 Å². The van der Waals surface area contributed by atoms with E-state index in [9.17, 15) is 5.11 Å². The van der Waals surface area contributed by atoms with E-state index in [0.717, 1.165) is 22.3 Å². The zero-order chi connectivity index (χ0) is 15.4. The Hall–Kier alpha value is -2.17. The lowest BCUT2D eigenvalue weighted by molar-refractivity contribution is 0.280. The molecule has 1 atom stereocenters. The van der Waals surface area contributed by atoms with Crippen LogP contribution >= 0.6 is 11.6 Å². The third kappa shape index (κ3) is 3.18. The number of hydrogen-bond acceptors (Lipinski definition) is 4. The van der Waals surface area contributed by atoms with Crippen LogP contribution in [-0.2, 0) is 0 Å². The summed E-state index contributed by atoms with van der Waals surface area (Å²) in [7, 11) is 0. The quantitative estimate of drug-likeness (QED) is 0.752. The Morgan fingerprint density at radius 3 is 2.68 bits per heavy atom. The van der Waals surface area contributed by atoms with Crippen LogP contribution in [0, 0.1) is 0 Å². The molecule has 0 aliphatic carbocycles. The maximum Gasteiger partial charge on any atom is 0.137 e. The molecule has 5 heteroatoms. The number of benzene rings is 2. The zero-order valence-electron chi connectivity index (χ0n) is 11.9. The van der Waals surface area contributed by atoms with Crippen molar-refractivity contribution in [2.75, 3.05) is 11.9 Å². The van der Waals surface area contributed by atoms with E-state index in [1.807, 2.05) is 48.5 Å². The predicted octanol–water partition coefficient (Wildman–Crippen LogP) is 3.82. The van der Waals surface area contributed by atoms with E-state index in [1.54, 1.807) is 0 Å². The van der Waals surface area contributed by atoms with Crippen LogP contribution in [0.5, 0.6) is 0 Å². The standard InChI is InChI=1S/C17H16ClN3O/c18-13-6-7-14-16(10-13)19-11-20-17(14)21-15(8-9-22)12-4-2-1-3-5-12/h1-7,10-11,15,22H,8-9H2,(H,19,20,21)/t15-/m1/s1. The summed E-state index contributed by atoms with van der Waals surface area (Å²) in [5.41, 5.74) is 1.90. The van der Waals surface area contributed by atoms with E-state index in [4.69, 9.17) is 11.6 Å². The van der Waals surface area contributed by atoms with Gasteiger partial charge in [0, 0.05) is 17.0 Å². The van der Waals surface area contributed by atoms with Crippen LogP contribution in [0.1, 0.15) is 18.0 Å². The van der Waals surface area contributed by atoms with Crippen LogP contribution in [0.3, 0.4) is 0 Å². The van der Waals surface area contributed by atoms with E-state index in [-0.39, 0.29) is 12.6 Å². The molecule has 0 unspecified atom stereocenters. The molecule has 3 rings (SSSR count). The molecule has 0 radical (unpaired) electrons. The third-order valence-corrected chi connectivity index (χ3v) is 3.76. The van der Waals surface area contributed by atoms with Crippen LogP contribution in [0.4, 0.5) is 5.82 Å². The van der Waals surface area contributed by atoms with Gasteiger partial charge in [-0.1, -0.05) is 41.9 Å². The highest BCUT2D eigenvalue weighted by Gasteiger charge is 2.13. The fourth-order valence-corrected chi connectivity index (χ4v) is 2.61. The number of rotatable bonds is 5. The summed E-state index contributed by atoms with van der Waals surface area (Å²) in [6.45, 7) is 0.0986. The minimum atomic E-state index is -0.0139. The summed E-state index contributed by atoms with van der Waals surface area (Å²) >= 11 is 6.01. The van der Waals surface area contributed by atoms with Gasteiger partial charge in [0.15, 0.2) is 0 Å². The van der Waals surface area contributed by atoms with Crippen LogP contribution in [0.15, 0.2) is 54.9 Å². The SMILES string of the molecule is OCC[C@@H](Nc1ncnc2cc(Cl)ccc12)c1ccccc1. The smallest absolute Gasteiger partial charge is 0.137 e. The lowest BCUT2D eigenvalue weighted by Crippen LogP contribution is -2.13. The lowest BCUT2D eigenvalue weighted by Gasteiger charge is -2.19. The number of nitrogens with zero attached hydrogens (tertiary/aromatic N) is 2. The van der Waals surface area contributed by atoms with E-state index >= 15 is 0 Å². The minimum Gasteiger partial charge on any atom is -0.396 e. The minimum absolute atomic E-state index is 0.0139. The van der Waals surface area contributed by atoms with Gasteiger partial charge >= 0.3 is 0 Å². The van der Waals surface area contributed by atoms with Crippen molar-refractivity contribution >= 4 is 28.3 Å². The molecule has 2 aromatic carbocycles. The fraction of sp³-hybridized carbons (Fsp3) is 0.176. The van der Waals surface area contributed by atoms with Crippen molar-refractivity contribution in [1.82, 2.24) is 9.97 Å². The second kappa shape index (κ2) is 6.73. The molecule has 0 spiro atoms. The van der Waals surface area contributed by atoms with E-state index in [0.29, 0.717) is 11.4 Å². The molecule has 0 aliphatic heterocycles. The van der Waals surface area contributed by atoms with Gasteiger partial charge in [-0.2, -0.15) is 0 Å². The highest BCUT2D eigenvalue weighted by molar-refractivity contribution is 6.31. The van der Waals surface area contributed by atoms with Crippen LogP contribution in [0.2, 0.25) is 5.02 Å². The van der Waals surface area contributed by atoms with Crippen molar-refractivity contribution in [1.29, 1.82) is 0 Å². The van der Waals surface area contributed by atoms with Gasteiger partial charge in [0.2, 0.25) is 0 Å². The van der Waals surface area contributed by atoms with Crippen molar-refractivity contribution in [3.8, 4) is 0 Å². The molecular formula is C17H16ClN3O. The summed E-state index contributed by atoms with van der Waals surface area (Å²) in [4.78, 5) is 8.58. The Morgan fingerprint density at radius 1 is 1.09 bits per heavy atom. The first-order valence-corrected chi connectivity index (χ1v) is 7.48. The molecule has 3 aromatic rings. The number of fused-ring (bicyclic) bond motifs is 1. The fourth-order valence-electron chi connectivity index (χ4n) is 2.45. The first-order valence-electron chi connectivity index (χ1n) is 7.10. The molecule has 0 amide bonds. The summed E-state index contributed by atoms with van der Waals surface area (Å²) in [5.74, 6) is 0.740. The summed E-state index contributed by atoms with van der Waals surface area (Å²) in [6.07, 6.45) is 2.12. The Balaban J connectivity index is 1.96. The maximum atomic E-state index is 9.34. The summed E-state index contributed by atoms with van der Waals surface area (Å²) in [6, 6.07) is 15.5. The predicted molar refractivity (Wildman–Crippen MR) is 89.1 cm³/mol. The Bertz CT molecular complexity index is 764. The third-order valence-electron chi connectivity index (χ3n) is 3.53. The van der Waals surface area contributed by atoms with Gasteiger partial charge in [0.1, 0.15) is 12.1 Å². The molecule has 0 saturated heterocycles. The van der Waals surface area contributed by atoms with Gasteiger partial charge < -0.3 is 10.4 Å². The monoisotopic (exact) mass is 313 g/mol. The van der Waals surface area contributed by atoms with Gasteiger partial charge in [-0.25, -0.2) is 9.97 Å². The number of anilines is 1. The first-order chi connectivity index (χ1) is 10.8. The Morgan fingerprint density at radius 2 is 1.91 bits per heavy atom. The molecule has 0 saturated carbocycles. The average molecular weight is 314 g/mol. The van der Waals surface area contributed by atoms with Gasteiger partial charge in [0.05, 0.1) is 11.6 Å². The van der Waals surface area contributed by atoms with Gasteiger partial charge in [0.25, 0.3) is 0 Å². The van der Waals surface area contributed by atoms with Crippen molar-refractivity contribution in [2.24, 2.45) is 0 Å². The van der Waals surface area contributed by atoms with E-state index in [1.165, 1.54) is 6.33 Å².